The SMILES string of the molecule is COc1cccc(OC)c1C(C)(N)c1ccccc1Cl. The van der Waals surface area contributed by atoms with Crippen LogP contribution in [0.2, 0.25) is 5.02 Å². The molecule has 0 radical (unpaired) electrons. The molecular weight excluding hydrogens is 274 g/mol. The average Bonchev–Trinajstić information content (AvgIpc) is 2.46. The van der Waals surface area contributed by atoms with Crippen LogP contribution in [0.4, 0.5) is 0 Å². The highest BCUT2D eigenvalue weighted by atomic mass is 35.5. The zero-order valence-electron chi connectivity index (χ0n) is 11.8. The fourth-order valence-corrected chi connectivity index (χ4v) is 2.71. The fraction of sp³-hybridized carbons (Fsp3) is 0.250. The van der Waals surface area contributed by atoms with Crippen LogP contribution < -0.4 is 15.2 Å². The first kappa shape index (κ1) is 14.7. The number of ether oxygens (including phenoxy) is 2. The molecule has 0 aliphatic rings. The standard InChI is InChI=1S/C16H18ClNO2/c1-16(18,11-7-4-5-8-12(11)17)15-13(19-2)9-6-10-14(15)20-3/h4-10H,18H2,1-3H3. The first-order chi connectivity index (χ1) is 9.52. The fourth-order valence-electron chi connectivity index (χ4n) is 2.38. The van der Waals surface area contributed by atoms with Crippen molar-refractivity contribution in [3.63, 3.8) is 0 Å². The van der Waals surface area contributed by atoms with E-state index < -0.39 is 5.54 Å². The molecule has 0 saturated heterocycles. The van der Waals surface area contributed by atoms with Gasteiger partial charge in [0.05, 0.1) is 25.3 Å². The van der Waals surface area contributed by atoms with Gasteiger partial charge in [-0.2, -0.15) is 0 Å². The van der Waals surface area contributed by atoms with Gasteiger partial charge in [-0.15, -0.1) is 0 Å². The van der Waals surface area contributed by atoms with E-state index in [1.807, 2.05) is 49.4 Å². The highest BCUT2D eigenvalue weighted by molar-refractivity contribution is 6.31. The molecule has 0 saturated carbocycles. The van der Waals surface area contributed by atoms with E-state index in [4.69, 9.17) is 26.8 Å². The molecule has 0 heterocycles. The Labute approximate surface area is 124 Å². The van der Waals surface area contributed by atoms with Crippen LogP contribution in [-0.4, -0.2) is 14.2 Å². The van der Waals surface area contributed by atoms with Crippen molar-refractivity contribution in [1.82, 2.24) is 0 Å². The molecule has 2 aromatic carbocycles. The Bertz CT molecular complexity index is 589. The maximum atomic E-state index is 6.57. The molecule has 0 bridgehead atoms. The molecule has 0 aliphatic carbocycles. The number of methoxy groups -OCH3 is 2. The van der Waals surface area contributed by atoms with Crippen molar-refractivity contribution in [3.05, 3.63) is 58.6 Å². The summed E-state index contributed by atoms with van der Waals surface area (Å²) in [7, 11) is 3.22. The van der Waals surface area contributed by atoms with Crippen LogP contribution in [0.25, 0.3) is 0 Å². The number of hydrogen-bond donors (Lipinski definition) is 1. The predicted molar refractivity (Wildman–Crippen MR) is 81.6 cm³/mol. The van der Waals surface area contributed by atoms with Crippen molar-refractivity contribution in [2.75, 3.05) is 14.2 Å². The summed E-state index contributed by atoms with van der Waals surface area (Å²) in [5.74, 6) is 1.35. The van der Waals surface area contributed by atoms with Crippen molar-refractivity contribution in [2.45, 2.75) is 12.5 Å². The minimum Gasteiger partial charge on any atom is -0.496 e. The predicted octanol–water partition coefficient (Wildman–Crippen LogP) is 3.58. The van der Waals surface area contributed by atoms with Crippen molar-refractivity contribution >= 4 is 11.6 Å². The van der Waals surface area contributed by atoms with Gasteiger partial charge in [0.2, 0.25) is 0 Å². The van der Waals surface area contributed by atoms with Crippen molar-refractivity contribution in [2.24, 2.45) is 5.73 Å². The first-order valence-electron chi connectivity index (χ1n) is 6.27. The Kier molecular flexibility index (Phi) is 4.21. The molecule has 2 rings (SSSR count). The van der Waals surface area contributed by atoms with Gasteiger partial charge in [-0.1, -0.05) is 35.9 Å². The number of halogens is 1. The van der Waals surface area contributed by atoms with Crippen LogP contribution in [0.15, 0.2) is 42.5 Å². The van der Waals surface area contributed by atoms with Gasteiger partial charge in [0, 0.05) is 5.02 Å². The number of rotatable bonds is 4. The molecule has 20 heavy (non-hydrogen) atoms. The lowest BCUT2D eigenvalue weighted by atomic mass is 9.84. The lowest BCUT2D eigenvalue weighted by molar-refractivity contribution is 0.369. The van der Waals surface area contributed by atoms with Crippen LogP contribution in [0, 0.1) is 0 Å². The van der Waals surface area contributed by atoms with Crippen molar-refractivity contribution < 1.29 is 9.47 Å². The largest absolute Gasteiger partial charge is 0.496 e. The van der Waals surface area contributed by atoms with E-state index in [9.17, 15) is 0 Å². The highest BCUT2D eigenvalue weighted by Crippen LogP contribution is 2.41. The van der Waals surface area contributed by atoms with Crippen molar-refractivity contribution in [1.29, 1.82) is 0 Å². The Hall–Kier alpha value is -1.71. The molecule has 0 aliphatic heterocycles. The third-order valence-electron chi connectivity index (χ3n) is 3.38. The normalized spacial score (nSPS) is 13.7. The average molecular weight is 292 g/mol. The van der Waals surface area contributed by atoms with Gasteiger partial charge >= 0.3 is 0 Å². The van der Waals surface area contributed by atoms with E-state index in [1.54, 1.807) is 14.2 Å². The summed E-state index contributed by atoms with van der Waals surface area (Å²) < 4.78 is 10.9. The summed E-state index contributed by atoms with van der Waals surface area (Å²) in [6.07, 6.45) is 0. The van der Waals surface area contributed by atoms with Crippen LogP contribution in [0.3, 0.4) is 0 Å². The maximum absolute atomic E-state index is 6.57. The van der Waals surface area contributed by atoms with Gasteiger partial charge < -0.3 is 15.2 Å². The second-order valence-electron chi connectivity index (χ2n) is 4.72. The molecule has 1 atom stereocenters. The number of benzene rings is 2. The summed E-state index contributed by atoms with van der Waals surface area (Å²) in [6, 6.07) is 13.1. The molecule has 1 unspecified atom stereocenters. The molecule has 4 heteroatoms. The number of hydrogen-bond acceptors (Lipinski definition) is 3. The van der Waals surface area contributed by atoms with Crippen LogP contribution in [-0.2, 0) is 5.54 Å². The van der Waals surface area contributed by atoms with Gasteiger partial charge in [0.1, 0.15) is 11.5 Å². The summed E-state index contributed by atoms with van der Waals surface area (Å²) in [6.45, 7) is 1.90. The van der Waals surface area contributed by atoms with Crippen LogP contribution in [0.1, 0.15) is 18.1 Å². The highest BCUT2D eigenvalue weighted by Gasteiger charge is 2.32. The van der Waals surface area contributed by atoms with E-state index in [1.165, 1.54) is 0 Å². The van der Waals surface area contributed by atoms with E-state index >= 15 is 0 Å². The quantitative estimate of drug-likeness (QED) is 0.936. The smallest absolute Gasteiger partial charge is 0.127 e. The van der Waals surface area contributed by atoms with Gasteiger partial charge in [0.25, 0.3) is 0 Å². The summed E-state index contributed by atoms with van der Waals surface area (Å²) in [4.78, 5) is 0. The van der Waals surface area contributed by atoms with E-state index in [2.05, 4.69) is 0 Å². The Balaban J connectivity index is 2.68. The molecule has 2 aromatic rings. The summed E-state index contributed by atoms with van der Waals surface area (Å²) >= 11 is 6.29. The zero-order valence-corrected chi connectivity index (χ0v) is 12.6. The minimum atomic E-state index is -0.823. The van der Waals surface area contributed by atoms with E-state index in [0.29, 0.717) is 16.5 Å². The molecule has 3 nitrogen and oxygen atoms in total. The Morgan fingerprint density at radius 3 is 2.00 bits per heavy atom. The molecule has 106 valence electrons. The molecule has 0 fully saturated rings. The second-order valence-corrected chi connectivity index (χ2v) is 5.13. The zero-order chi connectivity index (χ0) is 14.8. The molecule has 0 spiro atoms. The summed E-state index contributed by atoms with van der Waals surface area (Å²) in [5, 5.41) is 0.616. The van der Waals surface area contributed by atoms with Gasteiger partial charge in [0.15, 0.2) is 0 Å². The van der Waals surface area contributed by atoms with Crippen LogP contribution >= 0.6 is 11.6 Å². The van der Waals surface area contributed by atoms with Crippen molar-refractivity contribution in [3.8, 4) is 11.5 Å². The molecular formula is C16H18ClNO2. The Morgan fingerprint density at radius 2 is 1.50 bits per heavy atom. The van der Waals surface area contributed by atoms with Gasteiger partial charge in [-0.25, -0.2) is 0 Å². The van der Waals surface area contributed by atoms with E-state index in [0.717, 1.165) is 11.1 Å². The molecule has 0 amide bonds. The molecule has 2 N–H and O–H groups in total. The third-order valence-corrected chi connectivity index (χ3v) is 3.71. The number of nitrogens with two attached hydrogens (primary N) is 1. The van der Waals surface area contributed by atoms with Crippen LogP contribution in [0.5, 0.6) is 11.5 Å². The maximum Gasteiger partial charge on any atom is 0.127 e. The minimum absolute atomic E-state index is 0.616. The third kappa shape index (κ3) is 2.47. The first-order valence-corrected chi connectivity index (χ1v) is 6.65. The van der Waals surface area contributed by atoms with Gasteiger partial charge in [-0.3, -0.25) is 0 Å². The summed E-state index contributed by atoms with van der Waals surface area (Å²) in [5.41, 5.74) is 7.34. The topological polar surface area (TPSA) is 44.5 Å². The second kappa shape index (κ2) is 5.73. The Morgan fingerprint density at radius 1 is 0.950 bits per heavy atom. The van der Waals surface area contributed by atoms with Gasteiger partial charge in [-0.05, 0) is 30.7 Å². The lowest BCUT2D eigenvalue weighted by Crippen LogP contribution is -2.35. The van der Waals surface area contributed by atoms with E-state index in [-0.39, 0.29) is 0 Å². The molecule has 0 aromatic heterocycles. The lowest BCUT2D eigenvalue weighted by Gasteiger charge is -2.30. The monoisotopic (exact) mass is 291 g/mol.